The molecular weight excluding hydrogens is 350 g/mol. The van der Waals surface area contributed by atoms with Crippen LogP contribution in [0.4, 0.5) is 0 Å². The topological polar surface area (TPSA) is 62.3 Å². The zero-order valence-electron chi connectivity index (χ0n) is 17.1. The minimum atomic E-state index is -0.101. The van der Waals surface area contributed by atoms with Crippen LogP contribution in [0.1, 0.15) is 80.3 Å². The van der Waals surface area contributed by atoms with Crippen LogP contribution in [0.3, 0.4) is 0 Å². The van der Waals surface area contributed by atoms with Crippen molar-refractivity contribution in [1.29, 1.82) is 0 Å². The lowest BCUT2D eigenvalue weighted by Crippen LogP contribution is -2.57. The molecule has 2 amide bonds. The van der Waals surface area contributed by atoms with Gasteiger partial charge in [0, 0.05) is 37.2 Å². The summed E-state index contributed by atoms with van der Waals surface area (Å²) in [5.41, 5.74) is 1.57. The van der Waals surface area contributed by atoms with Crippen LogP contribution in [-0.4, -0.2) is 40.8 Å². The molecule has 2 aliphatic carbocycles. The Bertz CT molecular complexity index is 711. The molecule has 3 fully saturated rings. The Hall–Kier alpha value is -1.91. The molecule has 0 spiro atoms. The number of amides is 2. The van der Waals surface area contributed by atoms with E-state index in [1.54, 1.807) is 12.3 Å². The van der Waals surface area contributed by atoms with Crippen LogP contribution in [0.5, 0.6) is 0 Å². The number of carbonyl (C=O) groups excluding carboxylic acids is 2. The van der Waals surface area contributed by atoms with E-state index in [0.717, 1.165) is 37.8 Å². The number of hydrogen-bond acceptors (Lipinski definition) is 3. The van der Waals surface area contributed by atoms with Crippen molar-refractivity contribution >= 4 is 11.8 Å². The first-order valence-electron chi connectivity index (χ1n) is 11.1. The van der Waals surface area contributed by atoms with Crippen molar-refractivity contribution in [2.45, 2.75) is 77.2 Å². The Balaban J connectivity index is 1.43. The second-order valence-electron chi connectivity index (χ2n) is 9.22. The van der Waals surface area contributed by atoms with Gasteiger partial charge in [0.05, 0.1) is 0 Å². The number of aryl methyl sites for hydroxylation is 1. The third-order valence-electron chi connectivity index (χ3n) is 7.32. The average Bonchev–Trinajstić information content (AvgIpc) is 3.14. The summed E-state index contributed by atoms with van der Waals surface area (Å²) < 4.78 is 0. The van der Waals surface area contributed by atoms with Crippen molar-refractivity contribution in [3.05, 3.63) is 29.6 Å². The quantitative estimate of drug-likeness (QED) is 0.840. The summed E-state index contributed by atoms with van der Waals surface area (Å²) in [6.07, 6.45) is 13.1. The molecule has 0 aromatic carbocycles. The number of aromatic nitrogens is 1. The zero-order valence-corrected chi connectivity index (χ0v) is 17.1. The van der Waals surface area contributed by atoms with E-state index in [2.05, 4.69) is 15.2 Å². The lowest BCUT2D eigenvalue weighted by atomic mass is 9.74. The molecule has 3 aliphatic rings. The number of rotatable bonds is 5. The normalized spacial score (nSPS) is 28.2. The van der Waals surface area contributed by atoms with Gasteiger partial charge in [0.1, 0.15) is 5.69 Å². The highest BCUT2D eigenvalue weighted by molar-refractivity contribution is 5.92. The maximum Gasteiger partial charge on any atom is 0.269 e. The predicted molar refractivity (Wildman–Crippen MR) is 109 cm³/mol. The molecule has 1 aliphatic heterocycles. The van der Waals surface area contributed by atoms with E-state index >= 15 is 0 Å². The molecule has 2 saturated carbocycles. The number of hydrogen-bond donors (Lipinski definition) is 1. The fourth-order valence-electron chi connectivity index (χ4n) is 5.69. The summed E-state index contributed by atoms with van der Waals surface area (Å²) in [7, 11) is 0. The molecule has 1 aromatic rings. The summed E-state index contributed by atoms with van der Waals surface area (Å²) in [6.45, 7) is 3.55. The monoisotopic (exact) mass is 383 g/mol. The van der Waals surface area contributed by atoms with Crippen molar-refractivity contribution < 1.29 is 9.59 Å². The number of nitrogens with zero attached hydrogens (tertiary/aromatic N) is 2. The first-order valence-corrected chi connectivity index (χ1v) is 11.1. The van der Waals surface area contributed by atoms with Crippen LogP contribution in [0.2, 0.25) is 0 Å². The average molecular weight is 384 g/mol. The van der Waals surface area contributed by atoms with Gasteiger partial charge in [-0.05, 0) is 56.6 Å². The predicted octanol–water partition coefficient (Wildman–Crippen LogP) is 3.86. The van der Waals surface area contributed by atoms with Gasteiger partial charge in [0.15, 0.2) is 0 Å². The Kier molecular flexibility index (Phi) is 5.70. The summed E-state index contributed by atoms with van der Waals surface area (Å²) >= 11 is 0. The van der Waals surface area contributed by atoms with E-state index < -0.39 is 0 Å². The van der Waals surface area contributed by atoms with E-state index in [9.17, 15) is 9.59 Å². The van der Waals surface area contributed by atoms with Crippen LogP contribution in [0.15, 0.2) is 18.3 Å². The van der Waals surface area contributed by atoms with Crippen LogP contribution < -0.4 is 5.32 Å². The van der Waals surface area contributed by atoms with Gasteiger partial charge < -0.3 is 10.2 Å². The van der Waals surface area contributed by atoms with Crippen LogP contribution in [0, 0.1) is 18.3 Å². The second-order valence-corrected chi connectivity index (χ2v) is 9.22. The van der Waals surface area contributed by atoms with Gasteiger partial charge in [0.25, 0.3) is 5.91 Å². The highest BCUT2D eigenvalue weighted by atomic mass is 16.2. The standard InChI is InChI=1S/C23H33N3O2/c1-17-9-10-19(24-14-17)22(28)25-16-23-12-5-8-20(23)26(21(27)11-13-23)15-18-6-3-2-4-7-18/h9-10,14,18,20H,2-8,11-13,15-16H2,1H3,(H,25,28)/t20-,23+/m1/s1. The Morgan fingerprint density at radius 3 is 2.75 bits per heavy atom. The van der Waals surface area contributed by atoms with Crippen LogP contribution in [-0.2, 0) is 4.79 Å². The maximum absolute atomic E-state index is 12.8. The van der Waals surface area contributed by atoms with Crippen LogP contribution >= 0.6 is 0 Å². The third-order valence-corrected chi connectivity index (χ3v) is 7.32. The first-order chi connectivity index (χ1) is 13.6. The lowest BCUT2D eigenvalue weighted by Gasteiger charge is -2.47. The Morgan fingerprint density at radius 1 is 1.18 bits per heavy atom. The van der Waals surface area contributed by atoms with Crippen LogP contribution in [0.25, 0.3) is 0 Å². The molecule has 0 radical (unpaired) electrons. The fraction of sp³-hybridized carbons (Fsp3) is 0.696. The van der Waals surface area contributed by atoms with Gasteiger partial charge in [-0.25, -0.2) is 0 Å². The van der Waals surface area contributed by atoms with E-state index in [4.69, 9.17) is 0 Å². The molecule has 5 nitrogen and oxygen atoms in total. The van der Waals surface area contributed by atoms with E-state index in [0.29, 0.717) is 36.5 Å². The largest absolute Gasteiger partial charge is 0.350 e. The molecule has 2 atom stereocenters. The van der Waals surface area contributed by atoms with E-state index in [1.165, 1.54) is 32.1 Å². The van der Waals surface area contributed by atoms with E-state index in [1.807, 2.05) is 13.0 Å². The first kappa shape index (κ1) is 19.4. The molecular formula is C23H33N3O2. The number of carbonyl (C=O) groups is 2. The highest BCUT2D eigenvalue weighted by Gasteiger charge is 2.50. The van der Waals surface area contributed by atoms with Crippen molar-refractivity contribution in [1.82, 2.24) is 15.2 Å². The zero-order chi connectivity index (χ0) is 19.6. The smallest absolute Gasteiger partial charge is 0.269 e. The molecule has 4 rings (SSSR count). The van der Waals surface area contributed by atoms with Gasteiger partial charge in [-0.1, -0.05) is 31.7 Å². The van der Waals surface area contributed by atoms with Crippen molar-refractivity contribution in [2.75, 3.05) is 13.1 Å². The third kappa shape index (κ3) is 3.94. The number of nitrogens with one attached hydrogen (secondary N) is 1. The summed E-state index contributed by atoms with van der Waals surface area (Å²) in [5.74, 6) is 0.899. The highest BCUT2D eigenvalue weighted by Crippen LogP contribution is 2.48. The van der Waals surface area contributed by atoms with Gasteiger partial charge in [-0.15, -0.1) is 0 Å². The van der Waals surface area contributed by atoms with E-state index in [-0.39, 0.29) is 11.3 Å². The maximum atomic E-state index is 12.8. The van der Waals surface area contributed by atoms with Gasteiger partial charge in [-0.3, -0.25) is 14.6 Å². The second kappa shape index (κ2) is 8.22. The Labute approximate surface area is 168 Å². The van der Waals surface area contributed by atoms with Crippen molar-refractivity contribution in [3.8, 4) is 0 Å². The molecule has 2 heterocycles. The molecule has 152 valence electrons. The molecule has 1 saturated heterocycles. The number of fused-ring (bicyclic) bond motifs is 1. The molecule has 1 N–H and O–H groups in total. The molecule has 28 heavy (non-hydrogen) atoms. The minimum Gasteiger partial charge on any atom is -0.350 e. The molecule has 0 bridgehead atoms. The summed E-state index contributed by atoms with van der Waals surface area (Å²) in [4.78, 5) is 31.8. The van der Waals surface area contributed by atoms with Gasteiger partial charge in [0.2, 0.25) is 5.91 Å². The summed E-state index contributed by atoms with van der Waals surface area (Å²) in [5, 5.41) is 3.15. The molecule has 1 aromatic heterocycles. The Morgan fingerprint density at radius 2 is 2.00 bits per heavy atom. The minimum absolute atomic E-state index is 0.0446. The SMILES string of the molecule is Cc1ccc(C(=O)NC[C@@]23CCC[C@H]2N(CC2CCCCC2)C(=O)CC3)nc1. The number of pyridine rings is 1. The lowest BCUT2D eigenvalue weighted by molar-refractivity contribution is -0.142. The van der Waals surface area contributed by atoms with Gasteiger partial charge in [-0.2, -0.15) is 0 Å². The summed E-state index contributed by atoms with van der Waals surface area (Å²) in [6, 6.07) is 4.00. The molecule has 5 heteroatoms. The molecule has 0 unspecified atom stereocenters. The number of likely N-dealkylation sites (tertiary alicyclic amines) is 1. The van der Waals surface area contributed by atoms with Crippen molar-refractivity contribution in [2.24, 2.45) is 11.3 Å². The fourth-order valence-corrected chi connectivity index (χ4v) is 5.69. The van der Waals surface area contributed by atoms with Crippen molar-refractivity contribution in [3.63, 3.8) is 0 Å². The number of piperidine rings is 1. The van der Waals surface area contributed by atoms with Gasteiger partial charge >= 0.3 is 0 Å².